The molecule has 2 aliphatic rings. The number of aliphatic hydroxyl groups is 1. The highest BCUT2D eigenvalue weighted by Crippen LogP contribution is 2.51. The third kappa shape index (κ3) is 2.09. The Kier molecular flexibility index (Phi) is 3.09. The van der Waals surface area contributed by atoms with Crippen LogP contribution < -0.4 is 0 Å². The van der Waals surface area contributed by atoms with Crippen LogP contribution in [0.5, 0.6) is 0 Å². The van der Waals surface area contributed by atoms with Crippen molar-refractivity contribution in [1.29, 1.82) is 0 Å². The summed E-state index contributed by atoms with van der Waals surface area (Å²) in [6, 6.07) is 0. The summed E-state index contributed by atoms with van der Waals surface area (Å²) in [5.41, 5.74) is 0.577. The van der Waals surface area contributed by atoms with Gasteiger partial charge in [0.1, 0.15) is 5.60 Å². The molecular formula is C15H24O3. The molecule has 2 rings (SSSR count). The molecule has 0 aromatic rings. The van der Waals surface area contributed by atoms with Gasteiger partial charge in [-0.05, 0) is 59.8 Å². The van der Waals surface area contributed by atoms with Crippen molar-refractivity contribution >= 4 is 5.97 Å². The molecular weight excluding hydrogens is 228 g/mol. The van der Waals surface area contributed by atoms with Crippen LogP contribution >= 0.6 is 0 Å². The van der Waals surface area contributed by atoms with Crippen LogP contribution in [0, 0.1) is 11.8 Å². The number of rotatable bonds is 0. The van der Waals surface area contributed by atoms with Gasteiger partial charge in [0.2, 0.25) is 0 Å². The molecule has 102 valence electrons. The smallest absolute Gasteiger partial charge is 0.334 e. The van der Waals surface area contributed by atoms with E-state index in [2.05, 4.69) is 0 Å². The molecule has 1 saturated carbocycles. The van der Waals surface area contributed by atoms with Gasteiger partial charge in [-0.25, -0.2) is 4.79 Å². The van der Waals surface area contributed by atoms with Gasteiger partial charge in [-0.1, -0.05) is 5.57 Å². The van der Waals surface area contributed by atoms with Crippen LogP contribution in [0.1, 0.15) is 53.9 Å². The average molecular weight is 252 g/mol. The highest BCUT2D eigenvalue weighted by atomic mass is 16.6. The first-order valence-electron chi connectivity index (χ1n) is 6.77. The highest BCUT2D eigenvalue weighted by molar-refractivity contribution is 5.90. The first-order valence-corrected chi connectivity index (χ1v) is 6.77. The molecule has 0 aromatic carbocycles. The number of cyclic esters (lactones) is 1. The lowest BCUT2D eigenvalue weighted by atomic mass is 9.76. The van der Waals surface area contributed by atoms with Crippen molar-refractivity contribution in [3.05, 3.63) is 11.1 Å². The summed E-state index contributed by atoms with van der Waals surface area (Å²) < 4.78 is 5.67. The van der Waals surface area contributed by atoms with E-state index in [-0.39, 0.29) is 17.8 Å². The van der Waals surface area contributed by atoms with E-state index in [0.717, 1.165) is 24.0 Å². The van der Waals surface area contributed by atoms with Crippen molar-refractivity contribution in [3.63, 3.8) is 0 Å². The molecule has 2 fully saturated rings. The Morgan fingerprint density at radius 3 is 2.44 bits per heavy atom. The molecule has 0 bridgehead atoms. The third-order valence-corrected chi connectivity index (χ3v) is 4.77. The van der Waals surface area contributed by atoms with Gasteiger partial charge >= 0.3 is 5.97 Å². The molecule has 1 N–H and O–H groups in total. The summed E-state index contributed by atoms with van der Waals surface area (Å²) in [4.78, 5) is 12.2. The van der Waals surface area contributed by atoms with E-state index in [1.165, 1.54) is 0 Å². The first-order chi connectivity index (χ1) is 8.15. The Morgan fingerprint density at radius 2 is 1.89 bits per heavy atom. The second-order valence-corrected chi connectivity index (χ2v) is 6.78. The average Bonchev–Trinajstić information content (AvgIpc) is 2.43. The van der Waals surface area contributed by atoms with Crippen LogP contribution in [0.3, 0.4) is 0 Å². The number of hydrogen-bond acceptors (Lipinski definition) is 3. The van der Waals surface area contributed by atoms with Crippen molar-refractivity contribution in [2.24, 2.45) is 11.8 Å². The molecule has 1 aliphatic carbocycles. The minimum atomic E-state index is -0.684. The van der Waals surface area contributed by atoms with Gasteiger partial charge in [-0.3, -0.25) is 0 Å². The quantitative estimate of drug-likeness (QED) is 0.532. The SMILES string of the molecule is CC(C)=C1CC2C(CCC2(C)O)C(C)(C)OC1=O. The van der Waals surface area contributed by atoms with Crippen LogP contribution in [0.25, 0.3) is 0 Å². The maximum absolute atomic E-state index is 12.2. The van der Waals surface area contributed by atoms with E-state index in [9.17, 15) is 9.90 Å². The number of allylic oxidation sites excluding steroid dienone is 1. The van der Waals surface area contributed by atoms with Crippen LogP contribution in [-0.4, -0.2) is 22.3 Å². The number of carbonyl (C=O) groups is 1. The van der Waals surface area contributed by atoms with Crippen molar-refractivity contribution in [2.75, 3.05) is 0 Å². The zero-order chi connectivity index (χ0) is 13.7. The lowest BCUT2D eigenvalue weighted by molar-refractivity contribution is -0.156. The number of hydrogen-bond donors (Lipinski definition) is 1. The minimum absolute atomic E-state index is 0.115. The van der Waals surface area contributed by atoms with Crippen LogP contribution in [0.15, 0.2) is 11.1 Å². The number of fused-ring (bicyclic) bond motifs is 1. The number of carbonyl (C=O) groups excluding carboxylic acids is 1. The zero-order valence-electron chi connectivity index (χ0n) is 12.0. The van der Waals surface area contributed by atoms with Gasteiger partial charge in [-0.2, -0.15) is 0 Å². The maximum atomic E-state index is 12.2. The summed E-state index contributed by atoms with van der Waals surface area (Å²) in [6.45, 7) is 9.71. The number of esters is 1. The summed E-state index contributed by atoms with van der Waals surface area (Å²) in [5.74, 6) is 0.155. The molecule has 0 radical (unpaired) electrons. The summed E-state index contributed by atoms with van der Waals surface area (Å²) in [7, 11) is 0. The molecule has 18 heavy (non-hydrogen) atoms. The lowest BCUT2D eigenvalue weighted by Crippen LogP contribution is -2.40. The van der Waals surface area contributed by atoms with Gasteiger partial charge in [0.05, 0.1) is 5.60 Å². The van der Waals surface area contributed by atoms with E-state index < -0.39 is 11.2 Å². The van der Waals surface area contributed by atoms with Gasteiger partial charge in [0, 0.05) is 11.5 Å². The number of ether oxygens (including phenoxy) is 1. The highest BCUT2D eigenvalue weighted by Gasteiger charge is 2.53. The summed E-state index contributed by atoms with van der Waals surface area (Å²) in [5, 5.41) is 10.5. The van der Waals surface area contributed by atoms with Crippen molar-refractivity contribution in [2.45, 2.75) is 65.1 Å². The Bertz CT molecular complexity index is 400. The van der Waals surface area contributed by atoms with Gasteiger partial charge < -0.3 is 9.84 Å². The largest absolute Gasteiger partial charge is 0.456 e. The van der Waals surface area contributed by atoms with Crippen LogP contribution in [0.4, 0.5) is 0 Å². The fourth-order valence-electron chi connectivity index (χ4n) is 3.55. The monoisotopic (exact) mass is 252 g/mol. The van der Waals surface area contributed by atoms with Crippen molar-refractivity contribution in [3.8, 4) is 0 Å². The second kappa shape index (κ2) is 4.09. The molecule has 1 saturated heterocycles. The van der Waals surface area contributed by atoms with E-state index >= 15 is 0 Å². The summed E-state index contributed by atoms with van der Waals surface area (Å²) >= 11 is 0. The Labute approximate surface area is 109 Å². The van der Waals surface area contributed by atoms with Crippen molar-refractivity contribution < 1.29 is 14.6 Å². The van der Waals surface area contributed by atoms with E-state index in [0.29, 0.717) is 6.42 Å². The molecule has 3 nitrogen and oxygen atoms in total. The third-order valence-electron chi connectivity index (χ3n) is 4.77. The molecule has 3 heteroatoms. The van der Waals surface area contributed by atoms with Crippen molar-refractivity contribution in [1.82, 2.24) is 0 Å². The van der Waals surface area contributed by atoms with Gasteiger partial charge in [0.25, 0.3) is 0 Å². The predicted octanol–water partition coefficient (Wildman–Crippen LogP) is 2.83. The Morgan fingerprint density at radius 1 is 1.28 bits per heavy atom. The fraction of sp³-hybridized carbons (Fsp3) is 0.800. The van der Waals surface area contributed by atoms with E-state index in [4.69, 9.17) is 4.74 Å². The van der Waals surface area contributed by atoms with E-state index in [1.54, 1.807) is 0 Å². The molecule has 0 spiro atoms. The fourth-order valence-corrected chi connectivity index (χ4v) is 3.55. The summed E-state index contributed by atoms with van der Waals surface area (Å²) in [6.07, 6.45) is 2.36. The zero-order valence-corrected chi connectivity index (χ0v) is 12.0. The van der Waals surface area contributed by atoms with Crippen LogP contribution in [0.2, 0.25) is 0 Å². The maximum Gasteiger partial charge on any atom is 0.334 e. The normalized spacial score (nSPS) is 39.0. The topological polar surface area (TPSA) is 46.5 Å². The predicted molar refractivity (Wildman–Crippen MR) is 70.0 cm³/mol. The Balaban J connectivity index is 2.45. The lowest BCUT2D eigenvalue weighted by Gasteiger charge is -2.35. The standard InChI is InChI=1S/C15H24O3/c1-9(2)10-8-12-11(6-7-15(12,5)17)14(3,4)18-13(10)16/h11-12,17H,6-8H2,1-5H3. The molecule has 1 aliphatic heterocycles. The van der Waals surface area contributed by atoms with Gasteiger partial charge in [0.15, 0.2) is 0 Å². The first kappa shape index (κ1) is 13.6. The van der Waals surface area contributed by atoms with E-state index in [1.807, 2.05) is 34.6 Å². The second-order valence-electron chi connectivity index (χ2n) is 6.78. The molecule has 3 unspecified atom stereocenters. The van der Waals surface area contributed by atoms with Gasteiger partial charge in [-0.15, -0.1) is 0 Å². The molecule has 3 atom stereocenters. The minimum Gasteiger partial charge on any atom is -0.456 e. The molecule has 0 amide bonds. The Hall–Kier alpha value is -0.830. The van der Waals surface area contributed by atoms with Crippen LogP contribution in [-0.2, 0) is 9.53 Å². The molecule has 0 aromatic heterocycles. The molecule has 1 heterocycles.